The van der Waals surface area contributed by atoms with Crippen LogP contribution >= 0.6 is 0 Å². The van der Waals surface area contributed by atoms with Gasteiger partial charge in [-0.25, -0.2) is 4.79 Å². The maximum atomic E-state index is 12.8. The van der Waals surface area contributed by atoms with E-state index < -0.39 is 12.1 Å². The average molecular weight is 378 g/mol. The summed E-state index contributed by atoms with van der Waals surface area (Å²) in [5, 5.41) is 0.800. The van der Waals surface area contributed by atoms with E-state index in [4.69, 9.17) is 13.9 Å². The van der Waals surface area contributed by atoms with E-state index in [0.717, 1.165) is 24.6 Å². The second kappa shape index (κ2) is 7.60. The fourth-order valence-electron chi connectivity index (χ4n) is 3.78. The molecular formula is C23H22O5. The van der Waals surface area contributed by atoms with Gasteiger partial charge in [0.25, 0.3) is 0 Å². The summed E-state index contributed by atoms with van der Waals surface area (Å²) in [6.45, 7) is 1.81. The minimum absolute atomic E-state index is 0.0802. The molecule has 0 aliphatic heterocycles. The summed E-state index contributed by atoms with van der Waals surface area (Å²) >= 11 is 0. The summed E-state index contributed by atoms with van der Waals surface area (Å²) in [4.78, 5) is 25.5. The third kappa shape index (κ3) is 3.34. The lowest BCUT2D eigenvalue weighted by molar-refractivity contribution is 0.0286. The summed E-state index contributed by atoms with van der Waals surface area (Å²) in [5.41, 5.74) is 4.29. The molecule has 0 saturated carbocycles. The van der Waals surface area contributed by atoms with E-state index in [1.54, 1.807) is 20.1 Å². The zero-order chi connectivity index (χ0) is 19.7. The number of hydrogen-bond acceptors (Lipinski definition) is 5. The Balaban J connectivity index is 1.55. The number of ketones is 1. The Labute approximate surface area is 163 Å². The number of carbonyl (C=O) groups excluding carboxylic acids is 2. The number of ether oxygens (including phenoxy) is 2. The van der Waals surface area contributed by atoms with E-state index in [1.165, 1.54) is 11.1 Å². The zero-order valence-corrected chi connectivity index (χ0v) is 16.0. The van der Waals surface area contributed by atoms with Crippen molar-refractivity contribution < 1.29 is 23.5 Å². The molecule has 2 aromatic carbocycles. The van der Waals surface area contributed by atoms with Crippen LogP contribution in [0.2, 0.25) is 0 Å². The molecule has 1 aliphatic rings. The lowest BCUT2D eigenvalue weighted by Gasteiger charge is -2.13. The van der Waals surface area contributed by atoms with Crippen LogP contribution in [0.25, 0.3) is 11.0 Å². The molecule has 1 aliphatic carbocycles. The standard InChI is InChI=1S/C23H22O5/c1-14(21(24)17-11-10-15-6-5-7-16(15)12-17)27-23(25)22-19(13-26-2)18-8-3-4-9-20(18)28-22/h3-4,8-12,14H,5-7,13H2,1-2H3/t14-/m1/s1. The van der Waals surface area contributed by atoms with E-state index in [1.807, 2.05) is 36.4 Å². The largest absolute Gasteiger partial charge is 0.449 e. The predicted octanol–water partition coefficient (Wildman–Crippen LogP) is 4.50. The lowest BCUT2D eigenvalue weighted by atomic mass is 10.0. The summed E-state index contributed by atoms with van der Waals surface area (Å²) in [7, 11) is 1.55. The van der Waals surface area contributed by atoms with Gasteiger partial charge in [-0.2, -0.15) is 0 Å². The molecule has 1 aromatic heterocycles. The number of hydrogen-bond donors (Lipinski definition) is 0. The van der Waals surface area contributed by atoms with Gasteiger partial charge in [-0.15, -0.1) is 0 Å². The van der Waals surface area contributed by atoms with E-state index in [-0.39, 0.29) is 18.2 Å². The second-order valence-corrected chi connectivity index (χ2v) is 7.09. The number of para-hydroxylation sites is 1. The number of aryl methyl sites for hydroxylation is 2. The molecule has 1 heterocycles. The Bertz CT molecular complexity index is 1050. The molecule has 28 heavy (non-hydrogen) atoms. The van der Waals surface area contributed by atoms with Gasteiger partial charge in [0.05, 0.1) is 6.61 Å². The van der Waals surface area contributed by atoms with Crippen LogP contribution in [0, 0.1) is 0 Å². The molecule has 0 N–H and O–H groups in total. The van der Waals surface area contributed by atoms with E-state index in [0.29, 0.717) is 16.7 Å². The zero-order valence-electron chi connectivity index (χ0n) is 16.0. The highest BCUT2D eigenvalue weighted by Gasteiger charge is 2.27. The number of Topliss-reactive ketones (excluding diaryl/α,β-unsaturated/α-hetero) is 1. The molecular weight excluding hydrogens is 356 g/mol. The van der Waals surface area contributed by atoms with Crippen molar-refractivity contribution in [3.8, 4) is 0 Å². The van der Waals surface area contributed by atoms with Crippen LogP contribution in [0.1, 0.15) is 50.9 Å². The molecule has 5 nitrogen and oxygen atoms in total. The van der Waals surface area contributed by atoms with Crippen molar-refractivity contribution >= 4 is 22.7 Å². The Morgan fingerprint density at radius 1 is 1.11 bits per heavy atom. The molecule has 4 rings (SSSR count). The van der Waals surface area contributed by atoms with Crippen LogP contribution in [0.3, 0.4) is 0 Å². The Morgan fingerprint density at radius 2 is 1.89 bits per heavy atom. The van der Waals surface area contributed by atoms with Crippen LogP contribution in [0.4, 0.5) is 0 Å². The van der Waals surface area contributed by atoms with Gasteiger partial charge in [-0.1, -0.05) is 30.3 Å². The Morgan fingerprint density at radius 3 is 2.71 bits per heavy atom. The van der Waals surface area contributed by atoms with Gasteiger partial charge in [0, 0.05) is 23.6 Å². The van der Waals surface area contributed by atoms with Crippen LogP contribution in [0.5, 0.6) is 0 Å². The third-order valence-corrected chi connectivity index (χ3v) is 5.21. The van der Waals surface area contributed by atoms with Gasteiger partial charge in [0.15, 0.2) is 6.10 Å². The molecule has 1 atom stereocenters. The molecule has 0 fully saturated rings. The first-order valence-electron chi connectivity index (χ1n) is 9.45. The number of esters is 1. The van der Waals surface area contributed by atoms with E-state index in [2.05, 4.69) is 0 Å². The summed E-state index contributed by atoms with van der Waals surface area (Å²) < 4.78 is 16.4. The molecule has 144 valence electrons. The van der Waals surface area contributed by atoms with Crippen molar-refractivity contribution in [1.29, 1.82) is 0 Å². The molecule has 0 spiro atoms. The molecule has 0 bridgehead atoms. The van der Waals surface area contributed by atoms with E-state index in [9.17, 15) is 9.59 Å². The van der Waals surface area contributed by atoms with Gasteiger partial charge >= 0.3 is 5.97 Å². The maximum Gasteiger partial charge on any atom is 0.375 e. The minimum Gasteiger partial charge on any atom is -0.449 e. The smallest absolute Gasteiger partial charge is 0.375 e. The molecule has 0 unspecified atom stereocenters. The van der Waals surface area contributed by atoms with Crippen molar-refractivity contribution in [2.24, 2.45) is 0 Å². The van der Waals surface area contributed by atoms with Crippen LogP contribution in [0.15, 0.2) is 46.9 Å². The van der Waals surface area contributed by atoms with Crippen molar-refractivity contribution in [2.45, 2.75) is 38.9 Å². The number of rotatable bonds is 6. The topological polar surface area (TPSA) is 65.7 Å². The molecule has 3 aromatic rings. The fourth-order valence-corrected chi connectivity index (χ4v) is 3.78. The SMILES string of the molecule is COCc1c(C(=O)O[C@H](C)C(=O)c2ccc3c(c2)CCC3)oc2ccccc12. The van der Waals surface area contributed by atoms with Crippen molar-refractivity contribution in [2.75, 3.05) is 7.11 Å². The first-order chi connectivity index (χ1) is 13.6. The van der Waals surface area contributed by atoms with Gasteiger partial charge in [0.2, 0.25) is 11.5 Å². The number of furan rings is 1. The Hall–Kier alpha value is -2.92. The fraction of sp³-hybridized carbons (Fsp3) is 0.304. The third-order valence-electron chi connectivity index (χ3n) is 5.21. The average Bonchev–Trinajstić information content (AvgIpc) is 3.32. The summed E-state index contributed by atoms with van der Waals surface area (Å²) in [6.07, 6.45) is 2.26. The van der Waals surface area contributed by atoms with Gasteiger partial charge < -0.3 is 13.9 Å². The first kappa shape index (κ1) is 18.4. The van der Waals surface area contributed by atoms with Crippen molar-refractivity contribution in [3.05, 3.63) is 70.5 Å². The predicted molar refractivity (Wildman–Crippen MR) is 105 cm³/mol. The van der Waals surface area contributed by atoms with Crippen LogP contribution in [-0.2, 0) is 28.9 Å². The molecule has 0 amide bonds. The molecule has 0 saturated heterocycles. The first-order valence-corrected chi connectivity index (χ1v) is 9.45. The highest BCUT2D eigenvalue weighted by Crippen LogP contribution is 2.28. The number of carbonyl (C=O) groups is 2. The van der Waals surface area contributed by atoms with Crippen molar-refractivity contribution in [1.82, 2.24) is 0 Å². The Kier molecular flexibility index (Phi) is 5.01. The lowest BCUT2D eigenvalue weighted by Crippen LogP contribution is -2.25. The highest BCUT2D eigenvalue weighted by atomic mass is 16.6. The quantitative estimate of drug-likeness (QED) is 0.467. The number of benzene rings is 2. The molecule has 5 heteroatoms. The number of methoxy groups -OCH3 is 1. The monoisotopic (exact) mass is 378 g/mol. The normalized spacial score (nSPS) is 14.1. The van der Waals surface area contributed by atoms with Gasteiger partial charge in [0.1, 0.15) is 5.58 Å². The van der Waals surface area contributed by atoms with Crippen molar-refractivity contribution in [3.63, 3.8) is 0 Å². The number of fused-ring (bicyclic) bond motifs is 2. The highest BCUT2D eigenvalue weighted by molar-refractivity contribution is 6.02. The summed E-state index contributed by atoms with van der Waals surface area (Å²) in [5.74, 6) is -0.797. The second-order valence-electron chi connectivity index (χ2n) is 7.09. The van der Waals surface area contributed by atoms with Crippen LogP contribution < -0.4 is 0 Å². The maximum absolute atomic E-state index is 12.8. The minimum atomic E-state index is -0.907. The van der Waals surface area contributed by atoms with Crippen LogP contribution in [-0.4, -0.2) is 25.0 Å². The van der Waals surface area contributed by atoms with Gasteiger partial charge in [-0.05, 0) is 49.4 Å². The molecule has 0 radical (unpaired) electrons. The van der Waals surface area contributed by atoms with E-state index >= 15 is 0 Å². The summed E-state index contributed by atoms with van der Waals surface area (Å²) in [6, 6.07) is 13.1. The van der Waals surface area contributed by atoms with Gasteiger partial charge in [-0.3, -0.25) is 4.79 Å².